The molecule has 2 aromatic carbocycles. The number of nitriles is 1. The van der Waals surface area contributed by atoms with Crippen molar-refractivity contribution in [2.45, 2.75) is 6.92 Å². The molecule has 112 valence electrons. The van der Waals surface area contributed by atoms with Crippen LogP contribution in [0.2, 0.25) is 0 Å². The quantitative estimate of drug-likeness (QED) is 0.921. The standard InChI is InChI=1S/C17H16N2O3/c1-12-7-8-16(21-2)14(9-12)19-17(20)11-22-15-6-4-3-5-13(15)10-18/h3-9H,11H2,1-2H3,(H,19,20). The minimum Gasteiger partial charge on any atom is -0.495 e. The lowest BCUT2D eigenvalue weighted by Crippen LogP contribution is -2.20. The van der Waals surface area contributed by atoms with Crippen LogP contribution in [0.3, 0.4) is 0 Å². The molecule has 1 N–H and O–H groups in total. The predicted octanol–water partition coefficient (Wildman–Crippen LogP) is 2.89. The average Bonchev–Trinajstić information content (AvgIpc) is 2.53. The number of para-hydroxylation sites is 1. The molecule has 0 aliphatic carbocycles. The minimum atomic E-state index is -0.323. The van der Waals surface area contributed by atoms with Crippen LogP contribution >= 0.6 is 0 Å². The number of aryl methyl sites for hydroxylation is 1. The number of nitrogens with one attached hydrogen (secondary N) is 1. The first-order chi connectivity index (χ1) is 10.6. The number of hydrogen-bond acceptors (Lipinski definition) is 4. The molecule has 0 spiro atoms. The van der Waals surface area contributed by atoms with Gasteiger partial charge in [0.15, 0.2) is 6.61 Å². The molecule has 0 saturated carbocycles. The van der Waals surface area contributed by atoms with Gasteiger partial charge in [0.2, 0.25) is 0 Å². The third kappa shape index (κ3) is 3.76. The first-order valence-corrected chi connectivity index (χ1v) is 6.70. The van der Waals surface area contributed by atoms with Gasteiger partial charge in [-0.15, -0.1) is 0 Å². The maximum absolute atomic E-state index is 12.0. The zero-order valence-corrected chi connectivity index (χ0v) is 12.4. The van der Waals surface area contributed by atoms with Crippen molar-refractivity contribution in [1.82, 2.24) is 0 Å². The number of benzene rings is 2. The molecule has 0 aliphatic heterocycles. The van der Waals surface area contributed by atoms with Crippen LogP contribution in [0.4, 0.5) is 5.69 Å². The number of amides is 1. The summed E-state index contributed by atoms with van der Waals surface area (Å²) in [6.45, 7) is 1.74. The second-order valence-electron chi connectivity index (χ2n) is 4.65. The summed E-state index contributed by atoms with van der Waals surface area (Å²) in [5, 5.41) is 11.7. The summed E-state index contributed by atoms with van der Waals surface area (Å²) in [5.74, 6) is 0.643. The van der Waals surface area contributed by atoms with Gasteiger partial charge in [-0.1, -0.05) is 18.2 Å². The van der Waals surface area contributed by atoms with E-state index in [2.05, 4.69) is 5.32 Å². The molecule has 0 heterocycles. The summed E-state index contributed by atoms with van der Waals surface area (Å²) < 4.78 is 10.6. The Bertz CT molecular complexity index is 720. The molecule has 0 unspecified atom stereocenters. The number of methoxy groups -OCH3 is 1. The molecule has 0 radical (unpaired) electrons. The van der Waals surface area contributed by atoms with E-state index in [-0.39, 0.29) is 12.5 Å². The maximum Gasteiger partial charge on any atom is 0.262 e. The molecule has 22 heavy (non-hydrogen) atoms. The Kier molecular flexibility index (Phi) is 4.99. The molecular formula is C17H16N2O3. The SMILES string of the molecule is COc1ccc(C)cc1NC(=O)COc1ccccc1C#N. The van der Waals surface area contributed by atoms with Crippen molar-refractivity contribution in [3.8, 4) is 17.6 Å². The number of rotatable bonds is 5. The van der Waals surface area contributed by atoms with Crippen molar-refractivity contribution >= 4 is 11.6 Å². The van der Waals surface area contributed by atoms with Crippen molar-refractivity contribution < 1.29 is 14.3 Å². The van der Waals surface area contributed by atoms with Gasteiger partial charge in [-0.2, -0.15) is 5.26 Å². The fraction of sp³-hybridized carbons (Fsp3) is 0.176. The van der Waals surface area contributed by atoms with Crippen molar-refractivity contribution in [3.05, 3.63) is 53.6 Å². The highest BCUT2D eigenvalue weighted by atomic mass is 16.5. The van der Waals surface area contributed by atoms with Crippen molar-refractivity contribution in [3.63, 3.8) is 0 Å². The highest BCUT2D eigenvalue weighted by Gasteiger charge is 2.10. The summed E-state index contributed by atoms with van der Waals surface area (Å²) in [4.78, 5) is 12.0. The van der Waals surface area contributed by atoms with E-state index in [4.69, 9.17) is 14.7 Å². The summed E-state index contributed by atoms with van der Waals surface area (Å²) in [7, 11) is 1.54. The first-order valence-electron chi connectivity index (χ1n) is 6.70. The highest BCUT2D eigenvalue weighted by Crippen LogP contribution is 2.25. The molecule has 1 amide bonds. The van der Waals surface area contributed by atoms with Crippen LogP contribution in [-0.2, 0) is 4.79 Å². The van der Waals surface area contributed by atoms with Crippen LogP contribution in [0, 0.1) is 18.3 Å². The fourth-order valence-corrected chi connectivity index (χ4v) is 1.93. The second-order valence-corrected chi connectivity index (χ2v) is 4.65. The molecule has 0 atom stereocenters. The zero-order valence-electron chi connectivity index (χ0n) is 12.4. The Labute approximate surface area is 129 Å². The van der Waals surface area contributed by atoms with Crippen LogP contribution in [0.15, 0.2) is 42.5 Å². The van der Waals surface area contributed by atoms with Crippen LogP contribution in [-0.4, -0.2) is 19.6 Å². The van der Waals surface area contributed by atoms with Gasteiger partial charge in [-0.3, -0.25) is 4.79 Å². The topological polar surface area (TPSA) is 71.3 Å². The largest absolute Gasteiger partial charge is 0.495 e. The van der Waals surface area contributed by atoms with Gasteiger partial charge in [-0.05, 0) is 36.8 Å². The van der Waals surface area contributed by atoms with Gasteiger partial charge in [0.25, 0.3) is 5.91 Å². The molecule has 0 aliphatic rings. The smallest absolute Gasteiger partial charge is 0.262 e. The maximum atomic E-state index is 12.0. The Morgan fingerprint density at radius 1 is 1.23 bits per heavy atom. The summed E-state index contributed by atoms with van der Waals surface area (Å²) in [5.41, 5.74) is 1.99. The van der Waals surface area contributed by atoms with Crippen LogP contribution in [0.25, 0.3) is 0 Å². The minimum absolute atomic E-state index is 0.185. The van der Waals surface area contributed by atoms with E-state index in [0.29, 0.717) is 22.7 Å². The van der Waals surface area contributed by atoms with Crippen LogP contribution in [0.5, 0.6) is 11.5 Å². The lowest BCUT2D eigenvalue weighted by atomic mass is 10.2. The molecule has 0 saturated heterocycles. The molecule has 5 heteroatoms. The van der Waals surface area contributed by atoms with E-state index in [0.717, 1.165) is 5.56 Å². The Morgan fingerprint density at radius 3 is 2.73 bits per heavy atom. The lowest BCUT2D eigenvalue weighted by Gasteiger charge is -2.12. The van der Waals surface area contributed by atoms with Crippen LogP contribution in [0.1, 0.15) is 11.1 Å². The van der Waals surface area contributed by atoms with E-state index in [1.807, 2.05) is 25.1 Å². The molecule has 0 aromatic heterocycles. The fourth-order valence-electron chi connectivity index (χ4n) is 1.93. The van der Waals surface area contributed by atoms with Crippen molar-refractivity contribution in [2.75, 3.05) is 19.0 Å². The third-order valence-electron chi connectivity index (χ3n) is 3.00. The number of carbonyl (C=O) groups is 1. The molecule has 5 nitrogen and oxygen atoms in total. The Morgan fingerprint density at radius 2 is 2.00 bits per heavy atom. The number of carbonyl (C=O) groups excluding carboxylic acids is 1. The monoisotopic (exact) mass is 296 g/mol. The number of anilines is 1. The zero-order chi connectivity index (χ0) is 15.9. The number of ether oxygens (including phenoxy) is 2. The molecule has 2 aromatic rings. The molecule has 0 fully saturated rings. The van der Waals surface area contributed by atoms with E-state index >= 15 is 0 Å². The highest BCUT2D eigenvalue weighted by molar-refractivity contribution is 5.93. The summed E-state index contributed by atoms with van der Waals surface area (Å²) in [6, 6.07) is 14.3. The van der Waals surface area contributed by atoms with Gasteiger partial charge in [0.05, 0.1) is 18.4 Å². The predicted molar refractivity (Wildman–Crippen MR) is 83.0 cm³/mol. The third-order valence-corrected chi connectivity index (χ3v) is 3.00. The van der Waals surface area contributed by atoms with Gasteiger partial charge in [-0.25, -0.2) is 0 Å². The number of hydrogen-bond donors (Lipinski definition) is 1. The van der Waals surface area contributed by atoms with Gasteiger partial charge >= 0.3 is 0 Å². The average molecular weight is 296 g/mol. The van der Waals surface area contributed by atoms with Crippen molar-refractivity contribution in [2.24, 2.45) is 0 Å². The normalized spacial score (nSPS) is 9.68. The second kappa shape index (κ2) is 7.14. The van der Waals surface area contributed by atoms with Gasteiger partial charge in [0.1, 0.15) is 17.6 Å². The van der Waals surface area contributed by atoms with Crippen molar-refractivity contribution in [1.29, 1.82) is 5.26 Å². The first kappa shape index (κ1) is 15.4. The molecule has 0 bridgehead atoms. The van der Waals surface area contributed by atoms with Gasteiger partial charge < -0.3 is 14.8 Å². The molecular weight excluding hydrogens is 280 g/mol. The Balaban J connectivity index is 2.02. The summed E-state index contributed by atoms with van der Waals surface area (Å²) in [6.07, 6.45) is 0. The lowest BCUT2D eigenvalue weighted by molar-refractivity contribution is -0.118. The van der Waals surface area contributed by atoms with E-state index in [1.165, 1.54) is 0 Å². The van der Waals surface area contributed by atoms with Crippen LogP contribution < -0.4 is 14.8 Å². The van der Waals surface area contributed by atoms with E-state index in [9.17, 15) is 4.79 Å². The molecule has 2 rings (SSSR count). The number of nitrogens with zero attached hydrogens (tertiary/aromatic N) is 1. The van der Waals surface area contributed by atoms with E-state index < -0.39 is 0 Å². The van der Waals surface area contributed by atoms with Gasteiger partial charge in [0, 0.05) is 0 Å². The Hall–Kier alpha value is -3.00. The van der Waals surface area contributed by atoms with E-state index in [1.54, 1.807) is 37.4 Å². The summed E-state index contributed by atoms with van der Waals surface area (Å²) >= 11 is 0.